The van der Waals surface area contributed by atoms with Crippen LogP contribution in [0.4, 0.5) is 4.39 Å². The summed E-state index contributed by atoms with van der Waals surface area (Å²) in [5.74, 6) is -0.450. The second-order valence-corrected chi connectivity index (χ2v) is 7.72. The van der Waals surface area contributed by atoms with E-state index in [4.69, 9.17) is 19.5 Å². The molecule has 0 aliphatic carbocycles. The van der Waals surface area contributed by atoms with Gasteiger partial charge in [0.05, 0.1) is 7.11 Å². The van der Waals surface area contributed by atoms with Gasteiger partial charge in [-0.05, 0) is 61.4 Å². The number of aryl methyl sites for hydroxylation is 1. The summed E-state index contributed by atoms with van der Waals surface area (Å²) in [7, 11) is 1.47. The lowest BCUT2D eigenvalue weighted by molar-refractivity contribution is -0.136. The average Bonchev–Trinajstić information content (AvgIpc) is 3.14. The van der Waals surface area contributed by atoms with Crippen LogP contribution in [0, 0.1) is 31.0 Å². The zero-order chi connectivity index (χ0) is 25.4. The molecule has 35 heavy (non-hydrogen) atoms. The predicted molar refractivity (Wildman–Crippen MR) is 128 cm³/mol. The van der Waals surface area contributed by atoms with Gasteiger partial charge in [0.25, 0.3) is 0 Å². The van der Waals surface area contributed by atoms with Gasteiger partial charge >= 0.3 is 5.97 Å². The van der Waals surface area contributed by atoms with E-state index in [2.05, 4.69) is 0 Å². The summed E-state index contributed by atoms with van der Waals surface area (Å²) in [6.45, 7) is 3.70. The van der Waals surface area contributed by atoms with Crippen molar-refractivity contribution < 1.29 is 28.2 Å². The molecule has 0 aliphatic rings. The van der Waals surface area contributed by atoms with Gasteiger partial charge in [-0.15, -0.1) is 0 Å². The largest absolute Gasteiger partial charge is 0.493 e. The Balaban J connectivity index is 1.60. The number of Topliss-reactive ketones (excluding diaryl/α,β-unsaturated/α-hetero) is 1. The van der Waals surface area contributed by atoms with Crippen molar-refractivity contribution in [2.75, 3.05) is 20.3 Å². The first-order valence-corrected chi connectivity index (χ1v) is 10.8. The first-order valence-electron chi connectivity index (χ1n) is 10.8. The Hall–Kier alpha value is -4.38. The number of hydrogen-bond donors (Lipinski definition) is 0. The second-order valence-electron chi connectivity index (χ2n) is 7.72. The Morgan fingerprint density at radius 2 is 1.83 bits per heavy atom. The van der Waals surface area contributed by atoms with Gasteiger partial charge in [0.1, 0.15) is 11.9 Å². The average molecular weight is 477 g/mol. The van der Waals surface area contributed by atoms with Crippen LogP contribution in [0.3, 0.4) is 0 Å². The normalized spacial score (nSPS) is 10.7. The second kappa shape index (κ2) is 11.7. The SMILES string of the molecule is COc1cc(/C=C/C(=O)OCC(=O)c2cc(C)n(Cc3ccc(F)cc3)c2C)ccc1OCC#N. The molecule has 1 aromatic heterocycles. The number of ether oxygens (including phenoxy) is 3. The number of nitriles is 1. The van der Waals surface area contributed by atoms with Crippen LogP contribution < -0.4 is 9.47 Å². The third-order valence-corrected chi connectivity index (χ3v) is 5.37. The molecule has 0 fully saturated rings. The quantitative estimate of drug-likeness (QED) is 0.241. The van der Waals surface area contributed by atoms with E-state index in [0.717, 1.165) is 17.0 Å². The number of halogens is 1. The molecule has 0 atom stereocenters. The number of esters is 1. The minimum atomic E-state index is -0.665. The molecule has 7 nitrogen and oxygen atoms in total. The van der Waals surface area contributed by atoms with E-state index in [9.17, 15) is 14.0 Å². The number of carbonyl (C=O) groups is 2. The van der Waals surface area contributed by atoms with Gasteiger partial charge in [-0.25, -0.2) is 9.18 Å². The van der Waals surface area contributed by atoms with E-state index in [1.54, 1.807) is 36.4 Å². The third-order valence-electron chi connectivity index (χ3n) is 5.37. The lowest BCUT2D eigenvalue weighted by Gasteiger charge is -2.10. The van der Waals surface area contributed by atoms with Gasteiger partial charge in [-0.1, -0.05) is 18.2 Å². The summed E-state index contributed by atoms with van der Waals surface area (Å²) in [6, 6.07) is 14.8. The standard InChI is InChI=1S/C27H25FN2O5/c1-18-14-23(19(2)30(18)16-21-4-8-22(28)9-5-21)24(31)17-35-27(32)11-7-20-6-10-25(34-13-12-29)26(15-20)33-3/h4-11,14-15H,13,16-17H2,1-3H3/b11-7+. The molecule has 3 aromatic rings. The van der Waals surface area contributed by atoms with Crippen LogP contribution >= 0.6 is 0 Å². The first-order chi connectivity index (χ1) is 16.8. The number of rotatable bonds is 10. The number of aromatic nitrogens is 1. The highest BCUT2D eigenvalue weighted by Gasteiger charge is 2.17. The molecule has 2 aromatic carbocycles. The van der Waals surface area contributed by atoms with Gasteiger partial charge in [0, 0.05) is 29.6 Å². The van der Waals surface area contributed by atoms with Gasteiger partial charge in [-0.2, -0.15) is 5.26 Å². The molecule has 8 heteroatoms. The Kier molecular flexibility index (Phi) is 8.41. The van der Waals surface area contributed by atoms with Crippen molar-refractivity contribution in [1.82, 2.24) is 4.57 Å². The molecular weight excluding hydrogens is 451 g/mol. The summed E-state index contributed by atoms with van der Waals surface area (Å²) in [5.41, 5.74) is 3.65. The van der Waals surface area contributed by atoms with E-state index in [1.165, 1.54) is 31.4 Å². The number of carbonyl (C=O) groups excluding carboxylic acids is 2. The number of hydrogen-bond acceptors (Lipinski definition) is 6. The molecule has 0 unspecified atom stereocenters. The molecule has 0 spiro atoms. The van der Waals surface area contributed by atoms with Crippen molar-refractivity contribution in [3.63, 3.8) is 0 Å². The van der Waals surface area contributed by atoms with Gasteiger partial charge in [-0.3, -0.25) is 4.79 Å². The van der Waals surface area contributed by atoms with Crippen LogP contribution in [0.25, 0.3) is 6.08 Å². The number of ketones is 1. The van der Waals surface area contributed by atoms with E-state index in [-0.39, 0.29) is 18.2 Å². The topological polar surface area (TPSA) is 90.6 Å². The maximum atomic E-state index is 13.2. The van der Waals surface area contributed by atoms with Gasteiger partial charge in [0.15, 0.2) is 24.7 Å². The Morgan fingerprint density at radius 1 is 1.09 bits per heavy atom. The number of benzene rings is 2. The Morgan fingerprint density at radius 3 is 2.51 bits per heavy atom. The third kappa shape index (κ3) is 6.58. The molecule has 0 N–H and O–H groups in total. The van der Waals surface area contributed by atoms with Crippen LogP contribution in [0.2, 0.25) is 0 Å². The molecule has 0 bridgehead atoms. The summed E-state index contributed by atoms with van der Waals surface area (Å²) in [6.07, 6.45) is 2.74. The fourth-order valence-electron chi connectivity index (χ4n) is 3.54. The minimum absolute atomic E-state index is 0.111. The molecule has 0 amide bonds. The lowest BCUT2D eigenvalue weighted by atomic mass is 10.1. The zero-order valence-electron chi connectivity index (χ0n) is 19.7. The molecule has 0 saturated carbocycles. The molecule has 0 radical (unpaired) electrons. The van der Waals surface area contributed by atoms with Crippen molar-refractivity contribution in [2.24, 2.45) is 0 Å². The van der Waals surface area contributed by atoms with Crippen molar-refractivity contribution in [3.8, 4) is 17.6 Å². The van der Waals surface area contributed by atoms with E-state index >= 15 is 0 Å². The Labute approximate surface area is 203 Å². The highest BCUT2D eigenvalue weighted by Crippen LogP contribution is 2.28. The van der Waals surface area contributed by atoms with Crippen molar-refractivity contribution in [2.45, 2.75) is 20.4 Å². The van der Waals surface area contributed by atoms with Gasteiger partial charge in [0.2, 0.25) is 5.78 Å². The van der Waals surface area contributed by atoms with Crippen LogP contribution in [0.1, 0.15) is 32.9 Å². The lowest BCUT2D eigenvalue weighted by Crippen LogP contribution is -2.13. The van der Waals surface area contributed by atoms with Crippen LogP contribution in [0.5, 0.6) is 11.5 Å². The molecule has 180 valence electrons. The van der Waals surface area contributed by atoms with E-state index in [0.29, 0.717) is 29.2 Å². The predicted octanol–water partition coefficient (Wildman–Crippen LogP) is 4.64. The smallest absolute Gasteiger partial charge is 0.331 e. The maximum absolute atomic E-state index is 13.2. The molecular formula is C27H25FN2O5. The summed E-state index contributed by atoms with van der Waals surface area (Å²) in [4.78, 5) is 24.8. The highest BCUT2D eigenvalue weighted by molar-refractivity contribution is 6.00. The summed E-state index contributed by atoms with van der Waals surface area (Å²) >= 11 is 0. The Bertz CT molecular complexity index is 1290. The minimum Gasteiger partial charge on any atom is -0.493 e. The molecule has 3 rings (SSSR count). The van der Waals surface area contributed by atoms with Crippen LogP contribution in [0.15, 0.2) is 54.6 Å². The summed E-state index contributed by atoms with van der Waals surface area (Å²) < 4.78 is 30.8. The monoisotopic (exact) mass is 476 g/mol. The number of methoxy groups -OCH3 is 1. The maximum Gasteiger partial charge on any atom is 0.331 e. The molecule has 0 saturated heterocycles. The fourth-order valence-corrected chi connectivity index (χ4v) is 3.54. The van der Waals surface area contributed by atoms with Crippen molar-refractivity contribution in [3.05, 3.63) is 88.5 Å². The van der Waals surface area contributed by atoms with E-state index < -0.39 is 12.6 Å². The highest BCUT2D eigenvalue weighted by atomic mass is 19.1. The van der Waals surface area contributed by atoms with Crippen LogP contribution in [-0.4, -0.2) is 36.6 Å². The number of nitrogens with zero attached hydrogens (tertiary/aromatic N) is 2. The van der Waals surface area contributed by atoms with Gasteiger partial charge < -0.3 is 18.8 Å². The summed E-state index contributed by atoms with van der Waals surface area (Å²) in [5, 5.41) is 8.64. The molecule has 0 aliphatic heterocycles. The van der Waals surface area contributed by atoms with Crippen molar-refractivity contribution in [1.29, 1.82) is 5.26 Å². The van der Waals surface area contributed by atoms with E-state index in [1.807, 2.05) is 24.5 Å². The first kappa shape index (κ1) is 25.2. The van der Waals surface area contributed by atoms with Crippen molar-refractivity contribution >= 4 is 17.8 Å². The van der Waals surface area contributed by atoms with Crippen LogP contribution in [-0.2, 0) is 16.1 Å². The zero-order valence-corrected chi connectivity index (χ0v) is 19.7. The fraction of sp³-hybridized carbons (Fsp3) is 0.222. The molecule has 1 heterocycles.